The minimum absolute atomic E-state index is 0.422. The fourth-order valence-electron chi connectivity index (χ4n) is 2.86. The van der Waals surface area contributed by atoms with Crippen LogP contribution in [0.3, 0.4) is 0 Å². The van der Waals surface area contributed by atoms with Gasteiger partial charge >= 0.3 is 0 Å². The molecule has 0 saturated heterocycles. The van der Waals surface area contributed by atoms with Crippen LogP contribution in [0.4, 0.5) is 0 Å². The third kappa shape index (κ3) is 3.52. The molecule has 0 fully saturated rings. The highest BCUT2D eigenvalue weighted by molar-refractivity contribution is 9.10. The molecule has 5 nitrogen and oxygen atoms in total. The summed E-state index contributed by atoms with van der Waals surface area (Å²) in [5, 5.41) is 24.5. The molecule has 0 aliphatic heterocycles. The molecule has 132 valence electrons. The van der Waals surface area contributed by atoms with Gasteiger partial charge in [-0.2, -0.15) is 9.46 Å². The zero-order valence-electron chi connectivity index (χ0n) is 14.1. The Labute approximate surface area is 164 Å². The Morgan fingerprint density at radius 3 is 1.67 bits per heavy atom. The lowest BCUT2D eigenvalue weighted by Crippen LogP contribution is -2.29. The molecule has 0 amide bonds. The van der Waals surface area contributed by atoms with E-state index in [1.54, 1.807) is 36.4 Å². The monoisotopic (exact) mass is 419 g/mol. The zero-order chi connectivity index (χ0) is 18.8. The number of hydrogen-bond acceptors (Lipinski definition) is 3. The van der Waals surface area contributed by atoms with Gasteiger partial charge in [0.05, 0.1) is 0 Å². The lowest BCUT2D eigenvalue weighted by atomic mass is 10.0. The summed E-state index contributed by atoms with van der Waals surface area (Å²) >= 11 is 3.44. The molecule has 0 radical (unpaired) electrons. The van der Waals surface area contributed by atoms with Gasteiger partial charge in [-0.25, -0.2) is 4.98 Å². The first-order chi connectivity index (χ1) is 13.1. The fraction of sp³-hybridized carbons (Fsp3) is 0. The van der Waals surface area contributed by atoms with Crippen LogP contribution in [0.1, 0.15) is 0 Å². The van der Waals surface area contributed by atoms with Gasteiger partial charge in [0, 0.05) is 28.7 Å². The van der Waals surface area contributed by atoms with Crippen LogP contribution in [0.15, 0.2) is 89.7 Å². The molecule has 3 heterocycles. The smallest absolute Gasteiger partial charge is 0.242 e. The molecular formula is C21H14BrN3O2. The third-order valence-corrected chi connectivity index (χ3v) is 4.70. The van der Waals surface area contributed by atoms with Gasteiger partial charge in [-0.05, 0) is 47.5 Å². The highest BCUT2D eigenvalue weighted by atomic mass is 79.9. The van der Waals surface area contributed by atoms with E-state index in [-0.39, 0.29) is 0 Å². The maximum absolute atomic E-state index is 12.2. The van der Waals surface area contributed by atoms with Crippen LogP contribution >= 0.6 is 15.9 Å². The first kappa shape index (κ1) is 17.2. The molecule has 0 aliphatic rings. The van der Waals surface area contributed by atoms with Crippen molar-refractivity contribution in [2.45, 2.75) is 0 Å². The highest BCUT2D eigenvalue weighted by Crippen LogP contribution is 2.28. The minimum Gasteiger partial charge on any atom is -0.618 e. The first-order valence-electron chi connectivity index (χ1n) is 8.27. The Kier molecular flexibility index (Phi) is 4.56. The van der Waals surface area contributed by atoms with Gasteiger partial charge < -0.3 is 10.4 Å². The van der Waals surface area contributed by atoms with E-state index in [1.165, 1.54) is 12.4 Å². The number of aromatic nitrogens is 3. The van der Waals surface area contributed by atoms with Crippen molar-refractivity contribution in [1.29, 1.82) is 0 Å². The second-order valence-electron chi connectivity index (χ2n) is 5.96. The summed E-state index contributed by atoms with van der Waals surface area (Å²) in [6.45, 7) is 0. The second kappa shape index (κ2) is 7.17. The fourth-order valence-corrected chi connectivity index (χ4v) is 3.12. The van der Waals surface area contributed by atoms with E-state index in [9.17, 15) is 10.4 Å². The summed E-state index contributed by atoms with van der Waals surface area (Å²) < 4.78 is 2.52. The van der Waals surface area contributed by atoms with Crippen molar-refractivity contribution in [2.24, 2.45) is 0 Å². The van der Waals surface area contributed by atoms with Gasteiger partial charge in [0.25, 0.3) is 0 Å². The molecule has 0 spiro atoms. The molecule has 0 bridgehead atoms. The van der Waals surface area contributed by atoms with E-state index in [4.69, 9.17) is 0 Å². The average molecular weight is 420 g/mol. The van der Waals surface area contributed by atoms with E-state index < -0.39 is 0 Å². The van der Waals surface area contributed by atoms with Gasteiger partial charge in [-0.3, -0.25) is 0 Å². The number of rotatable bonds is 3. The van der Waals surface area contributed by atoms with Gasteiger partial charge in [-0.15, -0.1) is 0 Å². The van der Waals surface area contributed by atoms with E-state index in [0.717, 1.165) is 25.1 Å². The van der Waals surface area contributed by atoms with E-state index >= 15 is 0 Å². The van der Waals surface area contributed by atoms with Crippen molar-refractivity contribution in [1.82, 2.24) is 4.98 Å². The average Bonchev–Trinajstić information content (AvgIpc) is 2.69. The molecular weight excluding hydrogens is 406 g/mol. The normalized spacial score (nSPS) is 10.7. The molecule has 1 aromatic carbocycles. The molecule has 0 aliphatic carbocycles. The molecule has 0 saturated carbocycles. The molecule has 6 heteroatoms. The minimum atomic E-state index is 0.422. The van der Waals surface area contributed by atoms with Crippen LogP contribution in [-0.4, -0.2) is 4.98 Å². The molecule has 0 unspecified atom stereocenters. The molecule has 4 aromatic rings. The Bertz CT molecular complexity index is 1050. The van der Waals surface area contributed by atoms with Crippen LogP contribution in [0, 0.1) is 10.4 Å². The summed E-state index contributed by atoms with van der Waals surface area (Å²) in [5.41, 5.74) is 3.69. The summed E-state index contributed by atoms with van der Waals surface area (Å²) in [4.78, 5) is 4.59. The topological polar surface area (TPSA) is 66.8 Å². The number of nitrogens with zero attached hydrogens (tertiary/aromatic N) is 3. The summed E-state index contributed by atoms with van der Waals surface area (Å²) in [6, 6.07) is 21.9. The largest absolute Gasteiger partial charge is 0.618 e. The standard InChI is InChI=1S/C21H14BrN3O2/c22-17-9-7-15(8-10-17)16-13-18(20-5-1-3-11-24(20)26)23-19(14-16)21-6-2-4-12-25(21)27/h1-14H. The van der Waals surface area contributed by atoms with Crippen molar-refractivity contribution < 1.29 is 9.46 Å². The maximum Gasteiger partial charge on any atom is 0.242 e. The van der Waals surface area contributed by atoms with Gasteiger partial charge in [-0.1, -0.05) is 28.1 Å². The van der Waals surface area contributed by atoms with Crippen LogP contribution in [0.5, 0.6) is 0 Å². The van der Waals surface area contributed by atoms with Crippen LogP contribution < -0.4 is 9.46 Å². The second-order valence-corrected chi connectivity index (χ2v) is 6.87. The van der Waals surface area contributed by atoms with Crippen molar-refractivity contribution in [2.75, 3.05) is 0 Å². The number of benzene rings is 1. The first-order valence-corrected chi connectivity index (χ1v) is 9.06. The Morgan fingerprint density at radius 2 is 1.19 bits per heavy atom. The molecule has 3 aromatic heterocycles. The summed E-state index contributed by atoms with van der Waals surface area (Å²) in [7, 11) is 0. The van der Waals surface area contributed by atoms with Crippen molar-refractivity contribution in [3.05, 3.63) is 100 Å². The van der Waals surface area contributed by atoms with E-state index in [1.807, 2.05) is 36.4 Å². The Balaban J connectivity index is 1.95. The number of halogens is 1. The highest BCUT2D eigenvalue weighted by Gasteiger charge is 2.17. The van der Waals surface area contributed by atoms with E-state index in [2.05, 4.69) is 20.9 Å². The summed E-state index contributed by atoms with van der Waals surface area (Å²) in [6.07, 6.45) is 2.86. The predicted octanol–water partition coefficient (Wildman–Crippen LogP) is 4.11. The quantitative estimate of drug-likeness (QED) is 0.370. The Morgan fingerprint density at radius 1 is 0.667 bits per heavy atom. The lowest BCUT2D eigenvalue weighted by Gasteiger charge is -2.10. The van der Waals surface area contributed by atoms with Crippen LogP contribution in [-0.2, 0) is 0 Å². The van der Waals surface area contributed by atoms with Gasteiger partial charge in [0.1, 0.15) is 11.4 Å². The van der Waals surface area contributed by atoms with Crippen molar-refractivity contribution >= 4 is 15.9 Å². The molecule has 27 heavy (non-hydrogen) atoms. The third-order valence-electron chi connectivity index (χ3n) is 4.18. The van der Waals surface area contributed by atoms with Crippen LogP contribution in [0.25, 0.3) is 33.9 Å². The van der Waals surface area contributed by atoms with Gasteiger partial charge in [0.2, 0.25) is 11.4 Å². The SMILES string of the molecule is [O-][n+]1ccccc1-c1cc(-c2ccc(Br)cc2)cc(-c2cccc[n+]2[O-])n1. The predicted molar refractivity (Wildman–Crippen MR) is 106 cm³/mol. The maximum atomic E-state index is 12.2. The van der Waals surface area contributed by atoms with Crippen LogP contribution in [0.2, 0.25) is 0 Å². The van der Waals surface area contributed by atoms with Crippen molar-refractivity contribution in [3.63, 3.8) is 0 Å². The number of hydrogen-bond donors (Lipinski definition) is 0. The van der Waals surface area contributed by atoms with E-state index in [0.29, 0.717) is 22.8 Å². The lowest BCUT2D eigenvalue weighted by molar-refractivity contribution is -0.594. The summed E-state index contributed by atoms with van der Waals surface area (Å²) in [5.74, 6) is 0. The van der Waals surface area contributed by atoms with Gasteiger partial charge in [0.15, 0.2) is 12.4 Å². The Hall–Kier alpha value is -3.25. The molecule has 0 atom stereocenters. The number of pyridine rings is 3. The van der Waals surface area contributed by atoms with Crippen molar-refractivity contribution in [3.8, 4) is 33.9 Å². The molecule has 4 rings (SSSR count). The zero-order valence-corrected chi connectivity index (χ0v) is 15.7. The molecule has 0 N–H and O–H groups in total.